The van der Waals surface area contributed by atoms with Gasteiger partial charge in [-0.15, -0.1) is 0 Å². The summed E-state index contributed by atoms with van der Waals surface area (Å²) in [5.74, 6) is 0.478. The zero-order chi connectivity index (χ0) is 21.1. The van der Waals surface area contributed by atoms with Crippen molar-refractivity contribution in [3.8, 4) is 0 Å². The number of aromatic nitrogens is 2. The lowest BCUT2D eigenvalue weighted by molar-refractivity contribution is 0.0790. The average Bonchev–Trinajstić information content (AvgIpc) is 3.25. The molecule has 0 aliphatic carbocycles. The van der Waals surface area contributed by atoms with Crippen LogP contribution >= 0.6 is 11.6 Å². The van der Waals surface area contributed by atoms with Crippen LogP contribution in [0.4, 0.5) is 5.69 Å². The zero-order valence-corrected chi connectivity index (χ0v) is 17.3. The number of anilines is 1. The van der Waals surface area contributed by atoms with E-state index in [1.54, 1.807) is 37.4 Å². The Kier molecular flexibility index (Phi) is 5.77. The second-order valence-electron chi connectivity index (χ2n) is 7.29. The Bertz CT molecular complexity index is 1070. The van der Waals surface area contributed by atoms with Crippen LogP contribution in [-0.4, -0.2) is 39.8 Å². The summed E-state index contributed by atoms with van der Waals surface area (Å²) in [5.41, 5.74) is 2.37. The number of benzene rings is 2. The summed E-state index contributed by atoms with van der Waals surface area (Å²) < 4.78 is 0. The Hall–Kier alpha value is -3.25. The smallest absolute Gasteiger partial charge is 0.259 e. The molecular weight excluding hydrogens is 400 g/mol. The Morgan fingerprint density at radius 1 is 1.10 bits per heavy atom. The summed E-state index contributed by atoms with van der Waals surface area (Å²) in [5, 5.41) is 3.43. The number of hydrogen-bond acceptors (Lipinski definition) is 4. The molecule has 0 bridgehead atoms. The number of hydrogen-bond donors (Lipinski definition) is 1. The van der Waals surface area contributed by atoms with E-state index in [4.69, 9.17) is 11.6 Å². The second-order valence-corrected chi connectivity index (χ2v) is 7.73. The first-order chi connectivity index (χ1) is 14.5. The summed E-state index contributed by atoms with van der Waals surface area (Å²) in [7, 11) is 0. The number of amides is 2. The third-order valence-electron chi connectivity index (χ3n) is 5.21. The van der Waals surface area contributed by atoms with Crippen LogP contribution < -0.4 is 5.32 Å². The first kappa shape index (κ1) is 20.0. The Morgan fingerprint density at radius 3 is 2.53 bits per heavy atom. The van der Waals surface area contributed by atoms with Crippen LogP contribution in [-0.2, 0) is 0 Å². The maximum atomic E-state index is 12.7. The van der Waals surface area contributed by atoms with Gasteiger partial charge in [0, 0.05) is 41.5 Å². The maximum absolute atomic E-state index is 12.7. The predicted molar refractivity (Wildman–Crippen MR) is 116 cm³/mol. The molecule has 2 aromatic carbocycles. The van der Waals surface area contributed by atoms with Crippen molar-refractivity contribution in [2.24, 2.45) is 0 Å². The van der Waals surface area contributed by atoms with Gasteiger partial charge in [0.25, 0.3) is 11.8 Å². The van der Waals surface area contributed by atoms with E-state index in [9.17, 15) is 9.59 Å². The number of likely N-dealkylation sites (tertiary alicyclic amines) is 1. The van der Waals surface area contributed by atoms with Crippen molar-refractivity contribution in [3.05, 3.63) is 88.5 Å². The van der Waals surface area contributed by atoms with Gasteiger partial charge in [0.2, 0.25) is 0 Å². The largest absolute Gasteiger partial charge is 0.338 e. The van der Waals surface area contributed by atoms with E-state index in [0.717, 1.165) is 6.42 Å². The van der Waals surface area contributed by atoms with Crippen molar-refractivity contribution in [2.45, 2.75) is 19.3 Å². The molecule has 1 saturated heterocycles. The fraction of sp³-hybridized carbons (Fsp3) is 0.217. The van der Waals surface area contributed by atoms with Crippen molar-refractivity contribution in [1.82, 2.24) is 14.9 Å². The monoisotopic (exact) mass is 420 g/mol. The normalized spacial score (nSPS) is 15.8. The Labute approximate surface area is 179 Å². The molecule has 7 heteroatoms. The van der Waals surface area contributed by atoms with Gasteiger partial charge >= 0.3 is 0 Å². The molecule has 0 saturated carbocycles. The molecule has 1 N–H and O–H groups in total. The van der Waals surface area contributed by atoms with Gasteiger partial charge in [-0.1, -0.05) is 29.8 Å². The lowest BCUT2D eigenvalue weighted by atomic mass is 10.1. The number of halogens is 1. The van der Waals surface area contributed by atoms with Crippen LogP contribution in [0, 0.1) is 6.92 Å². The minimum absolute atomic E-state index is 0.0220. The quantitative estimate of drug-likeness (QED) is 0.682. The summed E-state index contributed by atoms with van der Waals surface area (Å²) >= 11 is 5.88. The van der Waals surface area contributed by atoms with Crippen LogP contribution in [0.3, 0.4) is 0 Å². The van der Waals surface area contributed by atoms with Crippen molar-refractivity contribution >= 4 is 29.1 Å². The standard InChI is InChI=1S/C23H21ClN4O2/c1-15-20(22(29)27-19-9-7-18(24)8-10-19)13-25-21(26-15)17-11-12-28(14-17)23(30)16-5-3-2-4-6-16/h2-10,13,17H,11-12,14H2,1H3,(H,27,29)/t17-/m0/s1. The highest BCUT2D eigenvalue weighted by molar-refractivity contribution is 6.30. The number of aryl methyl sites for hydroxylation is 1. The van der Waals surface area contributed by atoms with E-state index in [0.29, 0.717) is 46.4 Å². The molecule has 4 rings (SSSR count). The van der Waals surface area contributed by atoms with E-state index in [2.05, 4.69) is 15.3 Å². The lowest BCUT2D eigenvalue weighted by Gasteiger charge is -2.16. The molecule has 0 radical (unpaired) electrons. The zero-order valence-electron chi connectivity index (χ0n) is 16.5. The third-order valence-corrected chi connectivity index (χ3v) is 5.46. The molecule has 1 aliphatic heterocycles. The summed E-state index contributed by atoms with van der Waals surface area (Å²) in [6.07, 6.45) is 2.36. The molecule has 1 fully saturated rings. The topological polar surface area (TPSA) is 75.2 Å². The van der Waals surface area contributed by atoms with E-state index < -0.39 is 0 Å². The summed E-state index contributed by atoms with van der Waals surface area (Å²) in [4.78, 5) is 36.1. The number of nitrogens with zero attached hydrogens (tertiary/aromatic N) is 3. The van der Waals surface area contributed by atoms with E-state index in [-0.39, 0.29) is 17.7 Å². The molecule has 6 nitrogen and oxygen atoms in total. The lowest BCUT2D eigenvalue weighted by Crippen LogP contribution is -2.28. The number of carbonyl (C=O) groups excluding carboxylic acids is 2. The summed E-state index contributed by atoms with van der Waals surface area (Å²) in [6.45, 7) is 3.03. The Balaban J connectivity index is 1.44. The van der Waals surface area contributed by atoms with Crippen LogP contribution in [0.15, 0.2) is 60.8 Å². The minimum atomic E-state index is -0.270. The highest BCUT2D eigenvalue weighted by atomic mass is 35.5. The molecule has 152 valence electrons. The molecular formula is C23H21ClN4O2. The highest BCUT2D eigenvalue weighted by Gasteiger charge is 2.30. The SMILES string of the molecule is Cc1nc([C@H]2CCN(C(=O)c3ccccc3)C2)ncc1C(=O)Nc1ccc(Cl)cc1. The molecule has 3 aromatic rings. The molecule has 1 aromatic heterocycles. The molecule has 2 heterocycles. The molecule has 1 atom stereocenters. The van der Waals surface area contributed by atoms with Gasteiger partial charge in [-0.25, -0.2) is 9.97 Å². The van der Waals surface area contributed by atoms with E-state index in [1.807, 2.05) is 35.2 Å². The first-order valence-electron chi connectivity index (χ1n) is 9.76. The summed E-state index contributed by atoms with van der Waals surface area (Å²) in [6, 6.07) is 16.2. The fourth-order valence-electron chi connectivity index (χ4n) is 3.56. The van der Waals surface area contributed by atoms with Crippen LogP contribution in [0.25, 0.3) is 0 Å². The van der Waals surface area contributed by atoms with Gasteiger partial charge < -0.3 is 10.2 Å². The van der Waals surface area contributed by atoms with Gasteiger partial charge in [0.1, 0.15) is 5.82 Å². The fourth-order valence-corrected chi connectivity index (χ4v) is 3.68. The number of carbonyl (C=O) groups is 2. The van der Waals surface area contributed by atoms with Crippen molar-refractivity contribution < 1.29 is 9.59 Å². The maximum Gasteiger partial charge on any atom is 0.259 e. The number of rotatable bonds is 4. The van der Waals surface area contributed by atoms with Gasteiger partial charge in [-0.05, 0) is 49.7 Å². The molecule has 0 spiro atoms. The van der Waals surface area contributed by atoms with Crippen LogP contribution in [0.1, 0.15) is 44.6 Å². The van der Waals surface area contributed by atoms with Crippen LogP contribution in [0.5, 0.6) is 0 Å². The van der Waals surface area contributed by atoms with Crippen LogP contribution in [0.2, 0.25) is 5.02 Å². The first-order valence-corrected chi connectivity index (χ1v) is 10.1. The van der Waals surface area contributed by atoms with Crippen molar-refractivity contribution in [1.29, 1.82) is 0 Å². The Morgan fingerprint density at radius 2 is 1.83 bits per heavy atom. The van der Waals surface area contributed by atoms with E-state index in [1.165, 1.54) is 0 Å². The van der Waals surface area contributed by atoms with E-state index >= 15 is 0 Å². The number of nitrogens with one attached hydrogen (secondary N) is 1. The van der Waals surface area contributed by atoms with Gasteiger partial charge in [-0.3, -0.25) is 9.59 Å². The molecule has 0 unspecified atom stereocenters. The predicted octanol–water partition coefficient (Wildman–Crippen LogP) is 4.32. The molecule has 2 amide bonds. The average molecular weight is 421 g/mol. The molecule has 1 aliphatic rings. The van der Waals surface area contributed by atoms with Gasteiger partial charge in [0.05, 0.1) is 11.3 Å². The molecule has 30 heavy (non-hydrogen) atoms. The van der Waals surface area contributed by atoms with Crippen molar-refractivity contribution in [3.63, 3.8) is 0 Å². The minimum Gasteiger partial charge on any atom is -0.338 e. The van der Waals surface area contributed by atoms with Gasteiger partial charge in [-0.2, -0.15) is 0 Å². The van der Waals surface area contributed by atoms with Gasteiger partial charge in [0.15, 0.2) is 0 Å². The highest BCUT2D eigenvalue weighted by Crippen LogP contribution is 2.26. The van der Waals surface area contributed by atoms with Crippen molar-refractivity contribution in [2.75, 3.05) is 18.4 Å². The third kappa shape index (κ3) is 4.33. The second kappa shape index (κ2) is 8.63.